The van der Waals surface area contributed by atoms with Crippen LogP contribution in [0.1, 0.15) is 0 Å². The zero-order valence-corrected chi connectivity index (χ0v) is 13.0. The van der Waals surface area contributed by atoms with Crippen LogP contribution in [0.5, 0.6) is 5.75 Å². The molecule has 2 aromatic carbocycles. The van der Waals surface area contributed by atoms with Gasteiger partial charge in [0.05, 0.1) is 5.52 Å². The van der Waals surface area contributed by atoms with E-state index in [4.69, 9.17) is 4.98 Å². The molecule has 2 heterocycles. The van der Waals surface area contributed by atoms with Gasteiger partial charge in [-0.05, 0) is 42.5 Å². The first-order chi connectivity index (χ1) is 11.7. The predicted molar refractivity (Wildman–Crippen MR) is 91.7 cm³/mol. The molecule has 6 heteroatoms. The number of anilines is 1. The van der Waals surface area contributed by atoms with Crippen molar-refractivity contribution in [2.75, 3.05) is 31.1 Å². The summed E-state index contributed by atoms with van der Waals surface area (Å²) in [4.78, 5) is 11.4. The van der Waals surface area contributed by atoms with Crippen molar-refractivity contribution >= 4 is 16.7 Å². The lowest BCUT2D eigenvalue weighted by Crippen LogP contribution is -2.44. The highest BCUT2D eigenvalue weighted by atomic mass is 19.1. The molecule has 0 bridgehead atoms. The van der Waals surface area contributed by atoms with Crippen molar-refractivity contribution in [2.45, 2.75) is 0 Å². The number of benzene rings is 2. The average molecular weight is 324 g/mol. The highest BCUT2D eigenvalue weighted by molar-refractivity contribution is 5.91. The average Bonchev–Trinajstić information content (AvgIpc) is 2.62. The van der Waals surface area contributed by atoms with Crippen molar-refractivity contribution in [3.05, 3.63) is 48.3 Å². The van der Waals surface area contributed by atoms with Crippen LogP contribution in [0.25, 0.3) is 22.3 Å². The lowest BCUT2D eigenvalue weighted by Gasteiger charge is -2.29. The van der Waals surface area contributed by atoms with E-state index in [1.54, 1.807) is 30.3 Å². The molecule has 122 valence electrons. The summed E-state index contributed by atoms with van der Waals surface area (Å²) < 4.78 is 13.7. The molecule has 24 heavy (non-hydrogen) atoms. The van der Waals surface area contributed by atoms with Gasteiger partial charge in [0.2, 0.25) is 0 Å². The first-order valence-corrected chi connectivity index (χ1v) is 7.93. The van der Waals surface area contributed by atoms with Crippen LogP contribution >= 0.6 is 0 Å². The van der Waals surface area contributed by atoms with Crippen LogP contribution in [-0.4, -0.2) is 41.3 Å². The van der Waals surface area contributed by atoms with Crippen molar-refractivity contribution in [3.8, 4) is 17.1 Å². The third kappa shape index (κ3) is 2.76. The molecule has 0 saturated carbocycles. The van der Waals surface area contributed by atoms with E-state index in [0.29, 0.717) is 11.3 Å². The molecule has 1 saturated heterocycles. The molecule has 0 spiro atoms. The van der Waals surface area contributed by atoms with Crippen molar-refractivity contribution < 1.29 is 9.50 Å². The molecule has 0 aliphatic carbocycles. The van der Waals surface area contributed by atoms with E-state index in [-0.39, 0.29) is 11.6 Å². The number of nitrogens with zero attached hydrogens (tertiary/aromatic N) is 3. The molecule has 1 aliphatic rings. The Bertz CT molecular complexity index is 876. The van der Waals surface area contributed by atoms with Crippen molar-refractivity contribution in [3.63, 3.8) is 0 Å². The summed E-state index contributed by atoms with van der Waals surface area (Å²) in [6.45, 7) is 3.37. The number of fused-ring (bicyclic) bond motifs is 1. The number of hydrogen-bond donors (Lipinski definition) is 2. The Kier molecular flexibility index (Phi) is 3.74. The molecule has 1 aromatic heterocycles. The molecule has 3 aromatic rings. The molecule has 0 unspecified atom stereocenters. The molecule has 1 fully saturated rings. The fourth-order valence-corrected chi connectivity index (χ4v) is 2.94. The fraction of sp³-hybridized carbons (Fsp3) is 0.222. The normalized spacial score (nSPS) is 15.0. The van der Waals surface area contributed by atoms with E-state index >= 15 is 0 Å². The molecule has 5 nitrogen and oxygen atoms in total. The van der Waals surface area contributed by atoms with Crippen molar-refractivity contribution in [2.24, 2.45) is 0 Å². The van der Waals surface area contributed by atoms with Crippen LogP contribution in [0, 0.1) is 5.82 Å². The van der Waals surface area contributed by atoms with Crippen LogP contribution in [0.15, 0.2) is 42.5 Å². The van der Waals surface area contributed by atoms with Gasteiger partial charge in [-0.3, -0.25) is 0 Å². The van der Waals surface area contributed by atoms with Gasteiger partial charge in [0.25, 0.3) is 0 Å². The maximum absolute atomic E-state index is 13.7. The maximum Gasteiger partial charge on any atom is 0.162 e. The SMILES string of the molecule is Oc1ccc(-c2nc(N3CCNCC3)c3cc(F)ccc3n2)cc1. The molecule has 1 aliphatic heterocycles. The third-order valence-corrected chi connectivity index (χ3v) is 4.18. The summed E-state index contributed by atoms with van der Waals surface area (Å²) in [5.41, 5.74) is 1.53. The Labute approximate surface area is 138 Å². The third-order valence-electron chi connectivity index (χ3n) is 4.18. The Morgan fingerprint density at radius 3 is 2.50 bits per heavy atom. The fourth-order valence-electron chi connectivity index (χ4n) is 2.94. The summed E-state index contributed by atoms with van der Waals surface area (Å²) >= 11 is 0. The summed E-state index contributed by atoms with van der Waals surface area (Å²) in [5.74, 6) is 1.23. The largest absolute Gasteiger partial charge is 0.508 e. The predicted octanol–water partition coefficient (Wildman–Crippen LogP) is 2.55. The van der Waals surface area contributed by atoms with Gasteiger partial charge in [-0.1, -0.05) is 0 Å². The molecular formula is C18H17FN4O. The number of rotatable bonds is 2. The summed E-state index contributed by atoms with van der Waals surface area (Å²) in [6, 6.07) is 11.4. The van der Waals surface area contributed by atoms with E-state index < -0.39 is 0 Å². The van der Waals surface area contributed by atoms with E-state index in [0.717, 1.165) is 42.9 Å². The zero-order chi connectivity index (χ0) is 16.5. The highest BCUT2D eigenvalue weighted by Gasteiger charge is 2.18. The number of aromatic nitrogens is 2. The van der Waals surface area contributed by atoms with Gasteiger partial charge in [0, 0.05) is 37.1 Å². The van der Waals surface area contributed by atoms with Crippen molar-refractivity contribution in [1.29, 1.82) is 0 Å². The number of phenols is 1. The van der Waals surface area contributed by atoms with Gasteiger partial charge in [-0.2, -0.15) is 0 Å². The minimum atomic E-state index is -0.292. The van der Waals surface area contributed by atoms with Gasteiger partial charge in [0.15, 0.2) is 5.82 Å². The summed E-state index contributed by atoms with van der Waals surface area (Å²) in [6.07, 6.45) is 0. The smallest absolute Gasteiger partial charge is 0.162 e. The standard InChI is InChI=1S/C18H17FN4O/c19-13-3-6-16-15(11-13)18(23-9-7-20-8-10-23)22-17(21-16)12-1-4-14(24)5-2-12/h1-6,11,20,24H,7-10H2. The molecule has 2 N–H and O–H groups in total. The van der Waals surface area contributed by atoms with Crippen LogP contribution in [-0.2, 0) is 0 Å². The van der Waals surface area contributed by atoms with E-state index in [1.165, 1.54) is 12.1 Å². The lowest BCUT2D eigenvalue weighted by molar-refractivity contribution is 0.475. The number of nitrogens with one attached hydrogen (secondary N) is 1. The second kappa shape index (κ2) is 6.05. The van der Waals surface area contributed by atoms with Crippen molar-refractivity contribution in [1.82, 2.24) is 15.3 Å². The van der Waals surface area contributed by atoms with Gasteiger partial charge in [0.1, 0.15) is 17.4 Å². The number of halogens is 1. The molecular weight excluding hydrogens is 307 g/mol. The first-order valence-electron chi connectivity index (χ1n) is 7.93. The Balaban J connectivity index is 1.89. The second-order valence-corrected chi connectivity index (χ2v) is 5.82. The Morgan fingerprint density at radius 2 is 1.75 bits per heavy atom. The number of aromatic hydroxyl groups is 1. The maximum atomic E-state index is 13.7. The number of phenolic OH excluding ortho intramolecular Hbond substituents is 1. The van der Waals surface area contributed by atoms with Gasteiger partial charge < -0.3 is 15.3 Å². The van der Waals surface area contributed by atoms with E-state index in [9.17, 15) is 9.50 Å². The Hall–Kier alpha value is -2.73. The zero-order valence-electron chi connectivity index (χ0n) is 13.0. The quantitative estimate of drug-likeness (QED) is 0.758. The van der Waals surface area contributed by atoms with Gasteiger partial charge >= 0.3 is 0 Å². The minimum absolute atomic E-state index is 0.198. The summed E-state index contributed by atoms with van der Waals surface area (Å²) in [7, 11) is 0. The number of hydrogen-bond acceptors (Lipinski definition) is 5. The molecule has 0 amide bonds. The second-order valence-electron chi connectivity index (χ2n) is 5.82. The highest BCUT2D eigenvalue weighted by Crippen LogP contribution is 2.29. The lowest BCUT2D eigenvalue weighted by atomic mass is 10.1. The molecule has 0 atom stereocenters. The number of piperazine rings is 1. The van der Waals surface area contributed by atoms with E-state index in [2.05, 4.69) is 15.2 Å². The minimum Gasteiger partial charge on any atom is -0.508 e. The van der Waals surface area contributed by atoms with Crippen LogP contribution in [0.3, 0.4) is 0 Å². The van der Waals surface area contributed by atoms with Crippen LogP contribution in [0.4, 0.5) is 10.2 Å². The van der Waals surface area contributed by atoms with E-state index in [1.807, 2.05) is 0 Å². The Morgan fingerprint density at radius 1 is 1.00 bits per heavy atom. The molecule has 4 rings (SSSR count). The van der Waals surface area contributed by atoms with Crippen LogP contribution in [0.2, 0.25) is 0 Å². The van der Waals surface area contributed by atoms with Gasteiger partial charge in [-0.15, -0.1) is 0 Å². The monoisotopic (exact) mass is 324 g/mol. The topological polar surface area (TPSA) is 61.3 Å². The van der Waals surface area contributed by atoms with Crippen LogP contribution < -0.4 is 10.2 Å². The molecule has 0 radical (unpaired) electrons. The summed E-state index contributed by atoms with van der Waals surface area (Å²) in [5, 5.41) is 13.5. The first kappa shape index (κ1) is 14.8. The van der Waals surface area contributed by atoms with Gasteiger partial charge in [-0.25, -0.2) is 14.4 Å².